The van der Waals surface area contributed by atoms with Crippen molar-refractivity contribution < 1.29 is 24.3 Å². The van der Waals surface area contributed by atoms with Crippen LogP contribution in [0.4, 0.5) is 17.3 Å². The van der Waals surface area contributed by atoms with E-state index < -0.39 is 11.6 Å². The lowest BCUT2D eigenvalue weighted by Gasteiger charge is -2.48. The Morgan fingerprint density at radius 2 is 1.53 bits per heavy atom. The number of aliphatic hydroxyl groups is 1. The van der Waals surface area contributed by atoms with Gasteiger partial charge in [0.1, 0.15) is 17.6 Å². The third-order valence-corrected chi connectivity index (χ3v) is 18.2. The van der Waals surface area contributed by atoms with Crippen LogP contribution in [0, 0.1) is 5.92 Å². The maximum absolute atomic E-state index is 15.3. The Bertz CT molecular complexity index is 2720. The van der Waals surface area contributed by atoms with Crippen molar-refractivity contribution in [2.75, 3.05) is 80.6 Å². The molecule has 17 heteroatoms. The summed E-state index contributed by atoms with van der Waals surface area (Å²) < 4.78 is 2.20. The highest BCUT2D eigenvalue weighted by Gasteiger charge is 2.56. The van der Waals surface area contributed by atoms with Crippen molar-refractivity contribution in [2.45, 2.75) is 152 Å². The molecule has 3 atom stereocenters. The van der Waals surface area contributed by atoms with E-state index in [1.165, 1.54) is 19.3 Å². The number of fused-ring (bicyclic) bond motifs is 3. The molecule has 8 aliphatic rings. The molecule has 3 N–H and O–H groups in total. The van der Waals surface area contributed by atoms with Crippen LogP contribution in [0.1, 0.15) is 127 Å². The number of imidazole rings is 1. The number of carbonyl (C=O) groups is 4. The fraction of sp³-hybridized carbons (Fsp3) is 0.625. The highest BCUT2D eigenvalue weighted by atomic mass is 16.3. The minimum atomic E-state index is -0.782. The minimum absolute atomic E-state index is 0.0652. The number of piperazine rings is 1. The molecular weight excluding hydrogens is 921 g/mol. The normalized spacial score (nSPS) is 26.6. The van der Waals surface area contributed by atoms with Crippen LogP contribution >= 0.6 is 0 Å². The van der Waals surface area contributed by atoms with E-state index in [0.717, 1.165) is 115 Å². The highest BCUT2D eigenvalue weighted by molar-refractivity contribution is 6.09. The van der Waals surface area contributed by atoms with Gasteiger partial charge in [-0.05, 0) is 140 Å². The number of benzene rings is 1. The summed E-state index contributed by atoms with van der Waals surface area (Å²) in [6, 6.07) is 13.7. The van der Waals surface area contributed by atoms with E-state index in [2.05, 4.69) is 77.9 Å². The first-order chi connectivity index (χ1) is 35.4. The van der Waals surface area contributed by atoms with E-state index in [1.54, 1.807) is 6.20 Å². The Labute approximate surface area is 429 Å². The van der Waals surface area contributed by atoms with E-state index in [9.17, 15) is 19.5 Å². The van der Waals surface area contributed by atoms with E-state index in [4.69, 9.17) is 9.97 Å². The zero-order valence-corrected chi connectivity index (χ0v) is 43.1. The van der Waals surface area contributed by atoms with E-state index >= 15 is 4.79 Å². The molecule has 2 aliphatic carbocycles. The summed E-state index contributed by atoms with van der Waals surface area (Å²) in [5, 5.41) is 16.1. The largest absolute Gasteiger partial charge is 0.374 e. The zero-order chi connectivity index (χ0) is 50.1. The molecule has 9 heterocycles. The second kappa shape index (κ2) is 19.6. The number of nitrogens with zero attached hydrogens (tertiary/aromatic N) is 10. The van der Waals surface area contributed by atoms with Crippen molar-refractivity contribution in [3.05, 3.63) is 60.0 Å². The van der Waals surface area contributed by atoms with Crippen LogP contribution in [0.3, 0.4) is 0 Å². The number of aliphatic hydroxyl groups excluding tert-OH is 1. The molecule has 3 aromatic heterocycles. The molecule has 7 fully saturated rings. The lowest BCUT2D eigenvalue weighted by atomic mass is 9.73. The molecule has 4 amide bonds. The average molecular weight is 995 g/mol. The lowest BCUT2D eigenvalue weighted by molar-refractivity contribution is -0.145. The molecule has 17 nitrogen and oxygen atoms in total. The molecule has 1 aromatic carbocycles. The molecule has 12 rings (SSSR count). The van der Waals surface area contributed by atoms with Crippen LogP contribution in [0.25, 0.3) is 22.3 Å². The van der Waals surface area contributed by atoms with Gasteiger partial charge in [-0.1, -0.05) is 24.6 Å². The van der Waals surface area contributed by atoms with Crippen LogP contribution in [-0.2, 0) is 24.6 Å². The van der Waals surface area contributed by atoms with E-state index in [0.29, 0.717) is 77.0 Å². The first kappa shape index (κ1) is 48.3. The molecule has 4 aromatic rings. The molecule has 5 saturated heterocycles. The van der Waals surface area contributed by atoms with Gasteiger partial charge < -0.3 is 44.8 Å². The van der Waals surface area contributed by atoms with Gasteiger partial charge in [-0.15, -0.1) is 0 Å². The summed E-state index contributed by atoms with van der Waals surface area (Å²) in [5.41, 5.74) is 6.18. The Hall–Kier alpha value is -5.65. The van der Waals surface area contributed by atoms with E-state index in [1.807, 2.05) is 35.2 Å². The number of piperidine rings is 4. The van der Waals surface area contributed by atoms with Crippen LogP contribution in [0.2, 0.25) is 0 Å². The van der Waals surface area contributed by atoms with Crippen LogP contribution in [0.15, 0.2) is 48.9 Å². The Morgan fingerprint density at radius 3 is 2.22 bits per heavy atom. The summed E-state index contributed by atoms with van der Waals surface area (Å²) in [5.74, 6) is 1.67. The average Bonchev–Trinajstić information content (AvgIpc) is 4.07. The van der Waals surface area contributed by atoms with Gasteiger partial charge >= 0.3 is 0 Å². The van der Waals surface area contributed by atoms with Gasteiger partial charge in [0.15, 0.2) is 5.82 Å². The molecule has 1 spiro atoms. The van der Waals surface area contributed by atoms with Crippen molar-refractivity contribution in [1.82, 2.24) is 44.4 Å². The van der Waals surface area contributed by atoms with Crippen LogP contribution < -0.4 is 20.4 Å². The first-order valence-corrected chi connectivity index (χ1v) is 27.8. The van der Waals surface area contributed by atoms with Crippen LogP contribution in [-0.4, -0.2) is 164 Å². The van der Waals surface area contributed by atoms with Gasteiger partial charge in [-0.25, -0.2) is 15.0 Å². The summed E-state index contributed by atoms with van der Waals surface area (Å²) in [7, 11) is 0. The van der Waals surface area contributed by atoms with Gasteiger partial charge in [-0.2, -0.15) is 0 Å². The number of amides is 4. The topological polar surface area (TPSA) is 176 Å². The quantitative estimate of drug-likeness (QED) is 0.169. The zero-order valence-electron chi connectivity index (χ0n) is 43.1. The fourth-order valence-electron chi connectivity index (χ4n) is 13.4. The summed E-state index contributed by atoms with van der Waals surface area (Å²) >= 11 is 0. The van der Waals surface area contributed by atoms with Gasteiger partial charge in [0.25, 0.3) is 0 Å². The summed E-state index contributed by atoms with van der Waals surface area (Å²) in [4.78, 5) is 83.8. The number of aromatic nitrogens is 4. The molecule has 388 valence electrons. The lowest BCUT2D eigenvalue weighted by Crippen LogP contribution is -2.60. The third kappa shape index (κ3) is 9.04. The number of nitrogens with one attached hydrogen (secondary N) is 2. The monoisotopic (exact) mass is 995 g/mol. The Kier molecular flexibility index (Phi) is 12.9. The molecule has 0 radical (unpaired) electrons. The number of hydrogen-bond donors (Lipinski definition) is 3. The van der Waals surface area contributed by atoms with E-state index in [-0.39, 0.29) is 53.6 Å². The third-order valence-electron chi connectivity index (χ3n) is 18.2. The molecule has 73 heavy (non-hydrogen) atoms. The maximum Gasteiger partial charge on any atom is 0.239 e. The number of carbonyl (C=O) groups excluding carboxylic acids is 4. The summed E-state index contributed by atoms with van der Waals surface area (Å²) in [6.45, 7) is 13.5. The smallest absolute Gasteiger partial charge is 0.239 e. The second-order valence-corrected chi connectivity index (χ2v) is 23.0. The van der Waals surface area contributed by atoms with Crippen molar-refractivity contribution in [3.8, 4) is 11.3 Å². The van der Waals surface area contributed by atoms with Gasteiger partial charge in [0, 0.05) is 99.9 Å². The number of pyridine rings is 2. The Morgan fingerprint density at radius 1 is 0.795 bits per heavy atom. The first-order valence-electron chi connectivity index (χ1n) is 27.8. The van der Waals surface area contributed by atoms with Gasteiger partial charge in [0.05, 0.1) is 34.9 Å². The maximum atomic E-state index is 15.3. The predicted octanol–water partition coefficient (Wildman–Crippen LogP) is 5.63. The van der Waals surface area contributed by atoms with Crippen LogP contribution in [0.5, 0.6) is 0 Å². The van der Waals surface area contributed by atoms with Gasteiger partial charge in [-0.3, -0.25) is 24.1 Å². The number of hydrogen-bond acceptors (Lipinski definition) is 12. The standard InChI is InChI=1S/C56H74N12O5/c1-35(2)67-34-58-46-32-45(60-51(50(46)67)59-40-9-10-40)38-7-12-44-47(29-38)68(42-30-41(31-42)63-19-5-4-6-20-63)55(73)56(44)17-23-62(24-18-56)36(3)53(71)65-25-27-66(28-26-65)54(72)37-15-21-64(22-16-37)48-13-8-39(33-57-48)43-11-14-49(69)61-52(43)70/h7-8,12-13,29,32-37,40-43,49,69H,4-6,9-11,14-28,30-31H2,1-3H3,(H,59,60)(H,61,70)/t36?,41-,42+,43?,49?. The highest BCUT2D eigenvalue weighted by Crippen LogP contribution is 2.52. The molecule has 6 aliphatic heterocycles. The van der Waals surface area contributed by atoms with Gasteiger partial charge in [0.2, 0.25) is 23.6 Å². The van der Waals surface area contributed by atoms with Crippen molar-refractivity contribution in [2.24, 2.45) is 5.92 Å². The summed E-state index contributed by atoms with van der Waals surface area (Å²) in [6.07, 6.45) is 14.9. The minimum Gasteiger partial charge on any atom is -0.374 e. The molecule has 0 bridgehead atoms. The molecule has 2 saturated carbocycles. The number of rotatable bonds is 11. The van der Waals surface area contributed by atoms with Crippen molar-refractivity contribution in [1.29, 1.82) is 0 Å². The SMILES string of the molecule is CC(C(=O)N1CCN(C(=O)C2CCN(c3ccc(C4CCC(O)NC4=O)cn3)CC2)CC1)N1CCC2(CC1)C(=O)N([C@H]1C[C@@H](N3CCCCC3)C1)c1cc(-c3cc4ncn(C(C)C)c4c(NC4CC4)n3)ccc12. The Balaban J connectivity index is 0.686. The second-order valence-electron chi connectivity index (χ2n) is 23.0. The van der Waals surface area contributed by atoms with Crippen molar-refractivity contribution in [3.63, 3.8) is 0 Å². The predicted molar refractivity (Wildman–Crippen MR) is 280 cm³/mol. The molecular formula is C56H74N12O5. The molecule has 3 unspecified atom stereocenters. The number of likely N-dealkylation sites (tertiary alicyclic amines) is 2. The fourth-order valence-corrected chi connectivity index (χ4v) is 13.4. The van der Waals surface area contributed by atoms with Crippen molar-refractivity contribution >= 4 is 52.0 Å². The number of anilines is 3.